The van der Waals surface area contributed by atoms with Gasteiger partial charge in [0.1, 0.15) is 11.3 Å². The number of ether oxygens (including phenoxy) is 2. The summed E-state index contributed by atoms with van der Waals surface area (Å²) in [5.41, 5.74) is -0.297. The summed E-state index contributed by atoms with van der Waals surface area (Å²) in [7, 11) is -1.66. The first kappa shape index (κ1) is 13.7. The van der Waals surface area contributed by atoms with Crippen molar-refractivity contribution in [2.75, 3.05) is 14.2 Å². The van der Waals surface area contributed by atoms with Crippen LogP contribution in [-0.2, 0) is 24.3 Å². The molecule has 0 radical (unpaired) electrons. The number of sulfonamides is 1. The van der Waals surface area contributed by atoms with E-state index in [0.29, 0.717) is 0 Å². The summed E-state index contributed by atoms with van der Waals surface area (Å²) in [6.45, 7) is 0. The van der Waals surface area contributed by atoms with Gasteiger partial charge in [-0.2, -0.15) is 0 Å². The van der Waals surface area contributed by atoms with E-state index in [9.17, 15) is 13.2 Å². The summed E-state index contributed by atoms with van der Waals surface area (Å²) in [6, 6.07) is 0. The standard InChI is InChI=1S/C9H13NO6S/c1-15-7-3-4-9(16-2,17(10,13)14)5-6(7)8(11)12/h3,5H,4H2,1-2H3,(H,11,12)(H2,10,13,14). The number of methoxy groups -OCH3 is 2. The molecule has 1 aliphatic rings. The zero-order valence-electron chi connectivity index (χ0n) is 9.34. The fourth-order valence-corrected chi connectivity index (χ4v) is 2.34. The molecule has 1 atom stereocenters. The number of aliphatic carboxylic acids is 1. The van der Waals surface area contributed by atoms with Gasteiger partial charge in [0.2, 0.25) is 15.0 Å². The summed E-state index contributed by atoms with van der Waals surface area (Å²) in [5.74, 6) is -1.24. The van der Waals surface area contributed by atoms with E-state index in [1.54, 1.807) is 0 Å². The highest BCUT2D eigenvalue weighted by Crippen LogP contribution is 2.32. The third kappa shape index (κ3) is 2.33. The molecule has 96 valence electrons. The molecule has 8 heteroatoms. The first-order valence-corrected chi connectivity index (χ1v) is 6.10. The zero-order chi connectivity index (χ0) is 13.3. The lowest BCUT2D eigenvalue weighted by atomic mass is 10.0. The van der Waals surface area contributed by atoms with E-state index >= 15 is 0 Å². The molecule has 7 nitrogen and oxygen atoms in total. The van der Waals surface area contributed by atoms with Crippen LogP contribution in [0.2, 0.25) is 0 Å². The second-order valence-electron chi connectivity index (χ2n) is 3.40. The van der Waals surface area contributed by atoms with Gasteiger partial charge < -0.3 is 14.6 Å². The molecule has 17 heavy (non-hydrogen) atoms. The van der Waals surface area contributed by atoms with E-state index in [-0.39, 0.29) is 17.8 Å². The number of primary sulfonamides is 1. The fourth-order valence-electron chi connectivity index (χ4n) is 1.51. The van der Waals surface area contributed by atoms with Gasteiger partial charge >= 0.3 is 5.97 Å². The average Bonchev–Trinajstić information content (AvgIpc) is 2.26. The fraction of sp³-hybridized carbons (Fsp3) is 0.444. The summed E-state index contributed by atoms with van der Waals surface area (Å²) < 4.78 is 32.6. The molecule has 0 amide bonds. The minimum absolute atomic E-state index is 0.0776. The summed E-state index contributed by atoms with van der Waals surface area (Å²) >= 11 is 0. The third-order valence-corrected chi connectivity index (χ3v) is 3.89. The maximum atomic E-state index is 11.4. The number of hydrogen-bond acceptors (Lipinski definition) is 5. The largest absolute Gasteiger partial charge is 0.496 e. The molecule has 0 spiro atoms. The van der Waals surface area contributed by atoms with Crippen molar-refractivity contribution in [3.05, 3.63) is 23.5 Å². The van der Waals surface area contributed by atoms with Crippen LogP contribution in [0, 0.1) is 0 Å². The number of carbonyl (C=O) groups is 1. The van der Waals surface area contributed by atoms with Gasteiger partial charge in [-0.15, -0.1) is 0 Å². The van der Waals surface area contributed by atoms with Crippen molar-refractivity contribution in [3.63, 3.8) is 0 Å². The van der Waals surface area contributed by atoms with Gasteiger partial charge in [-0.05, 0) is 12.2 Å². The average molecular weight is 263 g/mol. The maximum absolute atomic E-state index is 11.4. The quantitative estimate of drug-likeness (QED) is 0.710. The first-order chi connectivity index (χ1) is 7.77. The molecule has 0 aromatic carbocycles. The Hall–Kier alpha value is -1.38. The molecule has 1 rings (SSSR count). The molecule has 0 aromatic heterocycles. The topological polar surface area (TPSA) is 116 Å². The van der Waals surface area contributed by atoms with Gasteiger partial charge in [-0.3, -0.25) is 0 Å². The number of nitrogens with two attached hydrogens (primary N) is 1. The predicted molar refractivity (Wildman–Crippen MR) is 58.3 cm³/mol. The Bertz CT molecular complexity index is 492. The van der Waals surface area contributed by atoms with Crippen molar-refractivity contribution < 1.29 is 27.8 Å². The lowest BCUT2D eigenvalue weighted by Gasteiger charge is -2.29. The maximum Gasteiger partial charge on any atom is 0.339 e. The van der Waals surface area contributed by atoms with Crippen LogP contribution in [0.4, 0.5) is 0 Å². The van der Waals surface area contributed by atoms with Gasteiger partial charge in [0, 0.05) is 13.5 Å². The highest BCUT2D eigenvalue weighted by atomic mass is 32.2. The summed E-state index contributed by atoms with van der Waals surface area (Å²) in [4.78, 5) is 9.12. The van der Waals surface area contributed by atoms with Crippen molar-refractivity contribution >= 4 is 16.0 Å². The van der Waals surface area contributed by atoms with Crippen LogP contribution >= 0.6 is 0 Å². The number of carboxylic acid groups (broad SMARTS) is 1. The summed E-state index contributed by atoms with van der Waals surface area (Å²) in [5, 5.41) is 14.0. The second-order valence-corrected chi connectivity index (χ2v) is 5.18. The van der Waals surface area contributed by atoms with E-state index < -0.39 is 20.9 Å². The zero-order valence-corrected chi connectivity index (χ0v) is 10.2. The molecule has 0 bridgehead atoms. The van der Waals surface area contributed by atoms with Gasteiger partial charge in [0.15, 0.2) is 0 Å². The van der Waals surface area contributed by atoms with E-state index in [1.807, 2.05) is 0 Å². The third-order valence-electron chi connectivity index (χ3n) is 2.48. The molecule has 0 fully saturated rings. The highest BCUT2D eigenvalue weighted by molar-refractivity contribution is 7.90. The predicted octanol–water partition coefficient (Wildman–Crippen LogP) is -0.437. The van der Waals surface area contributed by atoms with Crippen LogP contribution in [-0.4, -0.2) is 38.6 Å². The Morgan fingerprint density at radius 3 is 2.47 bits per heavy atom. The second kappa shape index (κ2) is 4.47. The minimum Gasteiger partial charge on any atom is -0.496 e. The molecular weight excluding hydrogens is 250 g/mol. The van der Waals surface area contributed by atoms with E-state index in [4.69, 9.17) is 19.7 Å². The molecule has 1 aliphatic carbocycles. The van der Waals surface area contributed by atoms with Crippen LogP contribution in [0.1, 0.15) is 6.42 Å². The Labute approximate surface area is 98.6 Å². The van der Waals surface area contributed by atoms with E-state index in [1.165, 1.54) is 13.2 Å². The Morgan fingerprint density at radius 1 is 1.53 bits per heavy atom. The molecule has 0 aliphatic heterocycles. The molecule has 0 aromatic rings. The van der Waals surface area contributed by atoms with Gasteiger partial charge in [-0.1, -0.05) is 0 Å². The van der Waals surface area contributed by atoms with Crippen molar-refractivity contribution in [3.8, 4) is 0 Å². The van der Waals surface area contributed by atoms with Crippen LogP contribution in [0.3, 0.4) is 0 Å². The van der Waals surface area contributed by atoms with Gasteiger partial charge in [0.05, 0.1) is 7.11 Å². The number of hydrogen-bond donors (Lipinski definition) is 2. The number of carboxylic acids is 1. The van der Waals surface area contributed by atoms with Crippen LogP contribution < -0.4 is 5.14 Å². The minimum atomic E-state index is -4.10. The van der Waals surface area contributed by atoms with Crippen LogP contribution in [0.15, 0.2) is 23.5 Å². The smallest absolute Gasteiger partial charge is 0.339 e. The molecule has 0 heterocycles. The normalized spacial score (nSPS) is 24.9. The summed E-state index contributed by atoms with van der Waals surface area (Å²) in [6.07, 6.45) is 2.16. The molecular formula is C9H13NO6S. The van der Waals surface area contributed by atoms with Crippen molar-refractivity contribution in [2.24, 2.45) is 5.14 Å². The van der Waals surface area contributed by atoms with Gasteiger partial charge in [0.25, 0.3) is 0 Å². The molecule has 0 saturated carbocycles. The monoisotopic (exact) mass is 263 g/mol. The van der Waals surface area contributed by atoms with Crippen LogP contribution in [0.25, 0.3) is 0 Å². The van der Waals surface area contributed by atoms with Gasteiger partial charge in [-0.25, -0.2) is 18.4 Å². The Kier molecular flexibility index (Phi) is 3.60. The van der Waals surface area contributed by atoms with Crippen molar-refractivity contribution in [2.45, 2.75) is 11.4 Å². The first-order valence-electron chi connectivity index (χ1n) is 4.55. The SMILES string of the molecule is COC1=CCC(OC)(S(N)(=O)=O)C=C1C(=O)O. The molecule has 3 N–H and O–H groups in total. The number of rotatable bonds is 4. The van der Waals surface area contributed by atoms with Crippen molar-refractivity contribution in [1.29, 1.82) is 0 Å². The molecule has 0 saturated heterocycles. The van der Waals surface area contributed by atoms with E-state index in [2.05, 4.69) is 0 Å². The van der Waals surface area contributed by atoms with E-state index in [0.717, 1.165) is 13.2 Å². The Morgan fingerprint density at radius 2 is 2.12 bits per heavy atom. The Balaban J connectivity index is 3.36. The lowest BCUT2D eigenvalue weighted by Crippen LogP contribution is -2.45. The van der Waals surface area contributed by atoms with Crippen molar-refractivity contribution in [1.82, 2.24) is 0 Å². The lowest BCUT2D eigenvalue weighted by molar-refractivity contribution is -0.132. The highest BCUT2D eigenvalue weighted by Gasteiger charge is 2.43. The molecule has 1 unspecified atom stereocenters. The van der Waals surface area contributed by atoms with Crippen LogP contribution in [0.5, 0.6) is 0 Å².